The fraction of sp³-hybridized carbons (Fsp3) is 0.647. The molecule has 9 heteroatoms. The Balaban J connectivity index is 3.25. The molecule has 0 aromatic carbocycles. The van der Waals surface area contributed by atoms with E-state index >= 15 is 0 Å². The summed E-state index contributed by atoms with van der Waals surface area (Å²) in [6.45, 7) is 6.31. The Morgan fingerprint density at radius 3 is 1.96 bits per heavy atom. The molecule has 0 spiro atoms. The molecule has 1 amide bonds. The lowest BCUT2D eigenvalue weighted by molar-refractivity contribution is -0.199. The molecule has 26 heavy (non-hydrogen) atoms. The maximum absolute atomic E-state index is 12.4. The van der Waals surface area contributed by atoms with Crippen LogP contribution in [0.4, 0.5) is 4.79 Å². The SMILES string of the molecule is COC(=O)C(OC(C)=O)(C(=O)OC)C1C=CCN(C(=O)OC(C)(C)C)C1. The van der Waals surface area contributed by atoms with Crippen LogP contribution in [-0.2, 0) is 33.3 Å². The van der Waals surface area contributed by atoms with Gasteiger partial charge in [-0.15, -0.1) is 0 Å². The van der Waals surface area contributed by atoms with Crippen LogP contribution in [0.25, 0.3) is 0 Å². The zero-order valence-electron chi connectivity index (χ0n) is 15.9. The molecule has 0 aromatic rings. The van der Waals surface area contributed by atoms with E-state index in [4.69, 9.17) is 9.47 Å². The number of amides is 1. The second-order valence-electron chi connectivity index (χ2n) is 6.73. The number of ether oxygens (including phenoxy) is 4. The topological polar surface area (TPSA) is 108 Å². The van der Waals surface area contributed by atoms with Gasteiger partial charge >= 0.3 is 29.6 Å². The van der Waals surface area contributed by atoms with Crippen molar-refractivity contribution in [2.45, 2.75) is 38.9 Å². The van der Waals surface area contributed by atoms with Gasteiger partial charge in [-0.2, -0.15) is 0 Å². The smallest absolute Gasteiger partial charge is 0.410 e. The van der Waals surface area contributed by atoms with Gasteiger partial charge in [0.05, 0.1) is 20.1 Å². The fourth-order valence-electron chi connectivity index (χ4n) is 2.54. The van der Waals surface area contributed by atoms with Crippen molar-refractivity contribution in [1.29, 1.82) is 0 Å². The molecular formula is C17H25NO8. The van der Waals surface area contributed by atoms with Crippen molar-refractivity contribution in [2.24, 2.45) is 5.92 Å². The van der Waals surface area contributed by atoms with Crippen molar-refractivity contribution >= 4 is 24.0 Å². The Hall–Kier alpha value is -2.58. The van der Waals surface area contributed by atoms with Gasteiger partial charge in [0, 0.05) is 20.0 Å². The summed E-state index contributed by atoms with van der Waals surface area (Å²) in [6.07, 6.45) is 2.46. The molecule has 146 valence electrons. The van der Waals surface area contributed by atoms with E-state index in [1.54, 1.807) is 26.8 Å². The van der Waals surface area contributed by atoms with E-state index in [-0.39, 0.29) is 13.1 Å². The highest BCUT2D eigenvalue weighted by molar-refractivity contribution is 6.06. The van der Waals surface area contributed by atoms with Gasteiger partial charge < -0.3 is 23.8 Å². The predicted molar refractivity (Wildman–Crippen MR) is 89.0 cm³/mol. The van der Waals surface area contributed by atoms with E-state index in [0.717, 1.165) is 21.1 Å². The molecule has 0 N–H and O–H groups in total. The number of nitrogens with zero attached hydrogens (tertiary/aromatic N) is 1. The Labute approximate surface area is 152 Å². The van der Waals surface area contributed by atoms with E-state index in [2.05, 4.69) is 9.47 Å². The van der Waals surface area contributed by atoms with Gasteiger partial charge in [0.15, 0.2) is 0 Å². The molecule has 1 unspecified atom stereocenters. The number of methoxy groups -OCH3 is 2. The lowest BCUT2D eigenvalue weighted by atomic mass is 9.84. The summed E-state index contributed by atoms with van der Waals surface area (Å²) in [5.41, 5.74) is -3.07. The lowest BCUT2D eigenvalue weighted by Crippen LogP contribution is -2.60. The normalized spacial score (nSPS) is 17.3. The van der Waals surface area contributed by atoms with Gasteiger partial charge in [0.25, 0.3) is 0 Å². The molecule has 0 saturated carbocycles. The predicted octanol–water partition coefficient (Wildman–Crippen LogP) is 1.06. The van der Waals surface area contributed by atoms with E-state index in [0.29, 0.717) is 0 Å². The Morgan fingerprint density at radius 1 is 1.00 bits per heavy atom. The maximum Gasteiger partial charge on any atom is 0.410 e. The summed E-state index contributed by atoms with van der Waals surface area (Å²) in [4.78, 5) is 50.0. The third-order valence-corrected chi connectivity index (χ3v) is 3.57. The molecule has 0 radical (unpaired) electrons. The highest BCUT2D eigenvalue weighted by Crippen LogP contribution is 2.31. The number of hydrogen-bond acceptors (Lipinski definition) is 8. The number of rotatable bonds is 4. The minimum atomic E-state index is -2.35. The molecule has 1 aliphatic rings. The van der Waals surface area contributed by atoms with Crippen molar-refractivity contribution in [3.05, 3.63) is 12.2 Å². The minimum absolute atomic E-state index is 0.108. The van der Waals surface area contributed by atoms with E-state index in [9.17, 15) is 19.2 Å². The molecule has 0 aliphatic carbocycles. The van der Waals surface area contributed by atoms with Crippen molar-refractivity contribution in [1.82, 2.24) is 4.90 Å². The Kier molecular flexibility index (Phi) is 6.77. The molecule has 1 aliphatic heterocycles. The van der Waals surface area contributed by atoms with E-state index in [1.165, 1.54) is 11.0 Å². The third-order valence-electron chi connectivity index (χ3n) is 3.57. The van der Waals surface area contributed by atoms with Crippen molar-refractivity contribution in [3.63, 3.8) is 0 Å². The molecule has 1 rings (SSSR count). The van der Waals surface area contributed by atoms with Crippen LogP contribution in [0.15, 0.2) is 12.2 Å². The van der Waals surface area contributed by atoms with Gasteiger partial charge in [-0.1, -0.05) is 12.2 Å². The highest BCUT2D eigenvalue weighted by atomic mass is 16.6. The van der Waals surface area contributed by atoms with Crippen LogP contribution < -0.4 is 0 Å². The molecule has 0 saturated heterocycles. The molecule has 0 bridgehead atoms. The quantitative estimate of drug-likeness (QED) is 0.312. The standard InChI is InChI=1S/C17H25NO8/c1-11(19)25-17(13(20)23-5,14(21)24-6)12-8-7-9-18(10-12)15(22)26-16(2,3)4/h7-8,12H,9-10H2,1-6H3. The van der Waals surface area contributed by atoms with Crippen molar-refractivity contribution < 1.29 is 38.1 Å². The highest BCUT2D eigenvalue weighted by Gasteiger charge is 2.58. The van der Waals surface area contributed by atoms with E-state index in [1.807, 2.05) is 0 Å². The molecule has 0 fully saturated rings. The van der Waals surface area contributed by atoms with Crippen LogP contribution in [0.3, 0.4) is 0 Å². The molecule has 0 aromatic heterocycles. The summed E-state index contributed by atoms with van der Waals surface area (Å²) >= 11 is 0. The van der Waals surface area contributed by atoms with Gasteiger partial charge in [-0.25, -0.2) is 14.4 Å². The largest absolute Gasteiger partial charge is 0.466 e. The zero-order chi connectivity index (χ0) is 20.1. The van der Waals surface area contributed by atoms with Crippen LogP contribution in [0.1, 0.15) is 27.7 Å². The Bertz CT molecular complexity index is 588. The number of hydrogen-bond donors (Lipinski definition) is 0. The summed E-state index contributed by atoms with van der Waals surface area (Å²) in [6, 6.07) is 0. The van der Waals surface area contributed by atoms with Gasteiger partial charge in [-0.05, 0) is 20.8 Å². The first-order chi connectivity index (χ1) is 12.0. The van der Waals surface area contributed by atoms with Gasteiger partial charge in [-0.3, -0.25) is 4.79 Å². The summed E-state index contributed by atoms with van der Waals surface area (Å²) in [5.74, 6) is -4.07. The van der Waals surface area contributed by atoms with Crippen LogP contribution in [0, 0.1) is 5.92 Å². The maximum atomic E-state index is 12.4. The zero-order valence-corrected chi connectivity index (χ0v) is 15.9. The van der Waals surface area contributed by atoms with Gasteiger partial charge in [0.2, 0.25) is 0 Å². The average molecular weight is 371 g/mol. The summed E-state index contributed by atoms with van der Waals surface area (Å²) < 4.78 is 19.8. The number of carbonyl (C=O) groups is 4. The summed E-state index contributed by atoms with van der Waals surface area (Å²) in [5, 5.41) is 0. The monoisotopic (exact) mass is 371 g/mol. The van der Waals surface area contributed by atoms with Crippen molar-refractivity contribution in [3.8, 4) is 0 Å². The average Bonchev–Trinajstić information content (AvgIpc) is 2.56. The fourth-order valence-corrected chi connectivity index (χ4v) is 2.54. The second kappa shape index (κ2) is 8.20. The molecule has 1 atom stereocenters. The van der Waals surface area contributed by atoms with Gasteiger partial charge in [0.1, 0.15) is 5.60 Å². The molecule has 9 nitrogen and oxygen atoms in total. The van der Waals surface area contributed by atoms with Crippen molar-refractivity contribution in [2.75, 3.05) is 27.3 Å². The van der Waals surface area contributed by atoms with Crippen LogP contribution >= 0.6 is 0 Å². The number of esters is 3. The lowest BCUT2D eigenvalue weighted by Gasteiger charge is -2.38. The van der Waals surface area contributed by atoms with Crippen LogP contribution in [0.5, 0.6) is 0 Å². The first kappa shape index (κ1) is 21.5. The van der Waals surface area contributed by atoms with E-state index < -0.39 is 41.1 Å². The van der Waals surface area contributed by atoms with Crippen LogP contribution in [0.2, 0.25) is 0 Å². The third kappa shape index (κ3) is 4.74. The minimum Gasteiger partial charge on any atom is -0.466 e. The molecule has 1 heterocycles. The Morgan fingerprint density at radius 2 is 1.54 bits per heavy atom. The number of carbonyl (C=O) groups excluding carboxylic acids is 4. The first-order valence-electron chi connectivity index (χ1n) is 7.99. The molecular weight excluding hydrogens is 346 g/mol. The first-order valence-corrected chi connectivity index (χ1v) is 7.99. The van der Waals surface area contributed by atoms with Crippen LogP contribution in [-0.4, -0.2) is 67.4 Å². The summed E-state index contributed by atoms with van der Waals surface area (Å²) in [7, 11) is 2.11. The second-order valence-corrected chi connectivity index (χ2v) is 6.73.